The first-order valence-corrected chi connectivity index (χ1v) is 12.2. The van der Waals surface area contributed by atoms with Gasteiger partial charge in [0.05, 0.1) is 23.0 Å². The summed E-state index contributed by atoms with van der Waals surface area (Å²) < 4.78 is 44.9. The van der Waals surface area contributed by atoms with E-state index in [0.29, 0.717) is 40.8 Å². The minimum absolute atomic E-state index is 0.297. The lowest BCUT2D eigenvalue weighted by Gasteiger charge is -2.36. The molecule has 0 bridgehead atoms. The molecule has 1 saturated heterocycles. The molecule has 1 aliphatic rings. The molecule has 0 saturated carbocycles. The van der Waals surface area contributed by atoms with E-state index in [1.807, 2.05) is 24.3 Å². The van der Waals surface area contributed by atoms with Crippen LogP contribution in [0, 0.1) is 5.82 Å². The number of ether oxygens (including phenoxy) is 1. The molecule has 2 aromatic carbocycles. The van der Waals surface area contributed by atoms with Gasteiger partial charge in [0.25, 0.3) is 5.19 Å². The van der Waals surface area contributed by atoms with Crippen LogP contribution in [-0.2, 0) is 16.4 Å². The number of benzene rings is 2. The van der Waals surface area contributed by atoms with Crippen LogP contribution in [0.15, 0.2) is 54.7 Å². The Kier molecular flexibility index (Phi) is 5.77. The molecule has 4 rings (SSSR count). The van der Waals surface area contributed by atoms with Gasteiger partial charge in [-0.05, 0) is 36.2 Å². The number of rotatable bonds is 6. The molecule has 0 spiro atoms. The zero-order chi connectivity index (χ0) is 21.3. The second kappa shape index (κ2) is 8.33. The summed E-state index contributed by atoms with van der Waals surface area (Å²) in [5.41, 5.74) is 2.54. The molecule has 0 N–H and O–H groups in total. The van der Waals surface area contributed by atoms with Crippen molar-refractivity contribution in [1.82, 2.24) is 14.2 Å². The topological polar surface area (TPSA) is 62.7 Å². The van der Waals surface area contributed by atoms with E-state index in [1.165, 1.54) is 28.0 Å². The number of hydrogen-bond donors (Lipinski definition) is 0. The Labute approximate surface area is 179 Å². The van der Waals surface area contributed by atoms with E-state index in [9.17, 15) is 12.8 Å². The minimum atomic E-state index is -3.18. The van der Waals surface area contributed by atoms with Crippen molar-refractivity contribution in [3.63, 3.8) is 0 Å². The summed E-state index contributed by atoms with van der Waals surface area (Å²) in [6.45, 7) is 6.26. The third-order valence-electron chi connectivity index (χ3n) is 5.04. The predicted octanol–water partition coefficient (Wildman–Crippen LogP) is 3.86. The van der Waals surface area contributed by atoms with Gasteiger partial charge in [-0.25, -0.2) is 17.8 Å². The molecule has 2 heterocycles. The molecule has 30 heavy (non-hydrogen) atoms. The van der Waals surface area contributed by atoms with E-state index in [0.717, 1.165) is 24.2 Å². The molecule has 6 nitrogen and oxygen atoms in total. The van der Waals surface area contributed by atoms with Gasteiger partial charge in [0.15, 0.2) is 0 Å². The third-order valence-corrected chi connectivity index (χ3v) is 7.25. The first kappa shape index (κ1) is 20.8. The molecule has 0 radical (unpaired) electrons. The van der Waals surface area contributed by atoms with Gasteiger partial charge in [0.2, 0.25) is 10.0 Å². The zero-order valence-corrected chi connectivity index (χ0v) is 18.2. The number of aromatic nitrogens is 1. The van der Waals surface area contributed by atoms with Crippen LogP contribution in [0.2, 0.25) is 0 Å². The fraction of sp³-hybridized carbons (Fsp3) is 0.286. The van der Waals surface area contributed by atoms with Crippen LogP contribution in [0.1, 0.15) is 5.56 Å². The summed E-state index contributed by atoms with van der Waals surface area (Å²) in [5, 5.41) is 0.405. The first-order valence-electron chi connectivity index (χ1n) is 9.49. The van der Waals surface area contributed by atoms with Crippen molar-refractivity contribution in [3.8, 4) is 10.9 Å². The van der Waals surface area contributed by atoms with Gasteiger partial charge >= 0.3 is 0 Å². The van der Waals surface area contributed by atoms with Gasteiger partial charge in [-0.3, -0.25) is 0 Å². The Morgan fingerprint density at radius 1 is 1.20 bits per heavy atom. The van der Waals surface area contributed by atoms with Gasteiger partial charge in [0.1, 0.15) is 11.6 Å². The zero-order valence-electron chi connectivity index (χ0n) is 16.5. The number of thiazole rings is 1. The fourth-order valence-corrected chi connectivity index (χ4v) is 4.99. The normalized spacial score (nSPS) is 15.7. The van der Waals surface area contributed by atoms with Crippen LogP contribution in [0.5, 0.6) is 10.9 Å². The highest BCUT2D eigenvalue weighted by Gasteiger charge is 2.25. The van der Waals surface area contributed by atoms with Crippen molar-refractivity contribution in [2.75, 3.05) is 32.4 Å². The fourth-order valence-electron chi connectivity index (χ4n) is 3.35. The van der Waals surface area contributed by atoms with Crippen LogP contribution in [0.3, 0.4) is 0 Å². The molecule has 9 heteroatoms. The predicted molar refractivity (Wildman–Crippen MR) is 117 cm³/mol. The van der Waals surface area contributed by atoms with Crippen LogP contribution >= 0.6 is 11.3 Å². The Morgan fingerprint density at radius 3 is 2.63 bits per heavy atom. The highest BCUT2D eigenvalue weighted by atomic mass is 32.2. The van der Waals surface area contributed by atoms with Gasteiger partial charge < -0.3 is 9.64 Å². The molecule has 1 aromatic heterocycles. The molecule has 0 atom stereocenters. The second-order valence-corrected chi connectivity index (χ2v) is 10.2. The van der Waals surface area contributed by atoms with Crippen LogP contribution in [0.25, 0.3) is 10.2 Å². The smallest absolute Gasteiger partial charge is 0.279 e. The summed E-state index contributed by atoms with van der Waals surface area (Å²) in [4.78, 5) is 6.44. The molecule has 1 fully saturated rings. The number of fused-ring (bicyclic) bond motifs is 1. The van der Waals surface area contributed by atoms with Gasteiger partial charge in [0, 0.05) is 25.3 Å². The standard InChI is InChI=1S/C21H22FN3O3S2/c1-15-14-25(30(2,26)27)13-12-24(15)11-10-16-6-8-17(9-7-16)28-21-23-19-5-3-4-18(22)20(19)29-21/h3-9H,1,10-14H2,2H3. The van der Waals surface area contributed by atoms with E-state index < -0.39 is 10.0 Å². The average molecular weight is 448 g/mol. The third kappa shape index (κ3) is 4.63. The first-order chi connectivity index (χ1) is 14.3. The van der Waals surface area contributed by atoms with Crippen molar-refractivity contribution in [3.05, 3.63) is 66.1 Å². The van der Waals surface area contributed by atoms with Gasteiger partial charge in [-0.1, -0.05) is 36.1 Å². The van der Waals surface area contributed by atoms with Crippen molar-refractivity contribution in [2.24, 2.45) is 0 Å². The minimum Gasteiger partial charge on any atom is -0.431 e. The molecular formula is C21H22FN3O3S2. The largest absolute Gasteiger partial charge is 0.431 e. The Morgan fingerprint density at radius 2 is 1.97 bits per heavy atom. The number of piperazine rings is 1. The lowest BCUT2D eigenvalue weighted by Crippen LogP contribution is -2.46. The highest BCUT2D eigenvalue weighted by molar-refractivity contribution is 7.88. The maximum atomic E-state index is 13.8. The molecule has 3 aromatic rings. The lowest BCUT2D eigenvalue weighted by molar-refractivity contribution is 0.246. The molecular weight excluding hydrogens is 425 g/mol. The molecule has 1 aliphatic heterocycles. The average Bonchev–Trinajstić information content (AvgIpc) is 3.11. The molecule has 0 aliphatic carbocycles. The van der Waals surface area contributed by atoms with Crippen molar-refractivity contribution in [2.45, 2.75) is 6.42 Å². The summed E-state index contributed by atoms with van der Waals surface area (Å²) in [5.74, 6) is 0.346. The van der Waals surface area contributed by atoms with Crippen LogP contribution in [0.4, 0.5) is 4.39 Å². The SMILES string of the molecule is C=C1CN(S(C)(=O)=O)CCN1CCc1ccc(Oc2nc3cccc(F)c3s2)cc1. The Hall–Kier alpha value is -2.49. The van der Waals surface area contributed by atoms with E-state index in [4.69, 9.17) is 4.74 Å². The highest BCUT2D eigenvalue weighted by Crippen LogP contribution is 2.32. The van der Waals surface area contributed by atoms with Gasteiger partial charge in [-0.15, -0.1) is 0 Å². The van der Waals surface area contributed by atoms with E-state index in [-0.39, 0.29) is 5.82 Å². The number of halogens is 1. The number of nitrogens with zero attached hydrogens (tertiary/aromatic N) is 3. The van der Waals surface area contributed by atoms with Crippen molar-refractivity contribution >= 4 is 31.6 Å². The second-order valence-electron chi connectivity index (χ2n) is 7.21. The van der Waals surface area contributed by atoms with Crippen molar-refractivity contribution < 1.29 is 17.5 Å². The molecule has 158 valence electrons. The van der Waals surface area contributed by atoms with Crippen LogP contribution in [-0.4, -0.2) is 55.0 Å². The maximum Gasteiger partial charge on any atom is 0.279 e. The summed E-state index contributed by atoms with van der Waals surface area (Å²) in [7, 11) is -3.18. The Balaban J connectivity index is 1.34. The molecule has 0 amide bonds. The molecule has 0 unspecified atom stereocenters. The number of sulfonamides is 1. The monoisotopic (exact) mass is 447 g/mol. The Bertz CT molecular complexity index is 1180. The van der Waals surface area contributed by atoms with Gasteiger partial charge in [-0.2, -0.15) is 4.31 Å². The van der Waals surface area contributed by atoms with E-state index in [2.05, 4.69) is 16.5 Å². The number of hydrogen-bond acceptors (Lipinski definition) is 6. The maximum absolute atomic E-state index is 13.8. The lowest BCUT2D eigenvalue weighted by atomic mass is 10.1. The van der Waals surface area contributed by atoms with Crippen LogP contribution < -0.4 is 4.74 Å². The van der Waals surface area contributed by atoms with E-state index in [1.54, 1.807) is 12.1 Å². The van der Waals surface area contributed by atoms with E-state index >= 15 is 0 Å². The van der Waals surface area contributed by atoms with Crippen molar-refractivity contribution in [1.29, 1.82) is 0 Å². The quantitative estimate of drug-likeness (QED) is 0.574. The summed E-state index contributed by atoms with van der Waals surface area (Å²) in [6, 6.07) is 12.5. The summed E-state index contributed by atoms with van der Waals surface area (Å²) >= 11 is 1.18. The summed E-state index contributed by atoms with van der Waals surface area (Å²) in [6.07, 6.45) is 2.04.